The topological polar surface area (TPSA) is 21.3 Å². The van der Waals surface area contributed by atoms with Crippen LogP contribution in [0.25, 0.3) is 0 Å². The first-order valence-corrected chi connectivity index (χ1v) is 8.25. The van der Waals surface area contributed by atoms with Crippen LogP contribution in [-0.4, -0.2) is 12.6 Å². The van der Waals surface area contributed by atoms with E-state index in [1.807, 2.05) is 6.92 Å². The first-order valence-electron chi connectivity index (χ1n) is 8.25. The quantitative estimate of drug-likeness (QED) is 0.756. The van der Waals surface area contributed by atoms with Crippen LogP contribution in [0.3, 0.4) is 0 Å². The summed E-state index contributed by atoms with van der Waals surface area (Å²) in [5.41, 5.74) is 2.55. The Balaban J connectivity index is 1.87. The van der Waals surface area contributed by atoms with E-state index >= 15 is 0 Å². The van der Waals surface area contributed by atoms with Crippen LogP contribution in [0.2, 0.25) is 0 Å². The minimum atomic E-state index is 0.644. The average molecular weight is 275 g/mol. The fraction of sp³-hybridized carbons (Fsp3) is 0.667. The van der Waals surface area contributed by atoms with Crippen LogP contribution in [0.15, 0.2) is 24.3 Å². The lowest BCUT2D eigenvalue weighted by Gasteiger charge is -2.30. The number of hydrogen-bond acceptors (Lipinski definition) is 2. The largest absolute Gasteiger partial charge is 0.382 e. The molecule has 2 heteroatoms. The van der Waals surface area contributed by atoms with Crippen molar-refractivity contribution in [3.05, 3.63) is 29.8 Å². The van der Waals surface area contributed by atoms with Gasteiger partial charge in [-0.15, -0.1) is 0 Å². The van der Waals surface area contributed by atoms with Crippen molar-refractivity contribution in [1.29, 1.82) is 0 Å². The summed E-state index contributed by atoms with van der Waals surface area (Å²) in [4.78, 5) is 0. The molecule has 0 bridgehead atoms. The molecule has 1 aromatic rings. The maximum atomic E-state index is 5.56. The van der Waals surface area contributed by atoms with Gasteiger partial charge in [0.2, 0.25) is 0 Å². The molecule has 0 aliphatic heterocycles. The van der Waals surface area contributed by atoms with Crippen molar-refractivity contribution >= 4 is 5.69 Å². The zero-order valence-electron chi connectivity index (χ0n) is 13.0. The van der Waals surface area contributed by atoms with Gasteiger partial charge in [-0.2, -0.15) is 0 Å². The highest BCUT2D eigenvalue weighted by Crippen LogP contribution is 2.30. The summed E-state index contributed by atoms with van der Waals surface area (Å²) in [6.45, 7) is 5.83. The van der Waals surface area contributed by atoms with Crippen molar-refractivity contribution in [1.82, 2.24) is 0 Å². The second-order valence-corrected chi connectivity index (χ2v) is 5.94. The van der Waals surface area contributed by atoms with Gasteiger partial charge in [0.05, 0.1) is 6.61 Å². The Labute approximate surface area is 123 Å². The molecule has 0 heterocycles. The number of ether oxygens (including phenoxy) is 1. The van der Waals surface area contributed by atoms with Crippen molar-refractivity contribution in [2.24, 2.45) is 5.92 Å². The van der Waals surface area contributed by atoms with E-state index in [0.29, 0.717) is 12.6 Å². The summed E-state index contributed by atoms with van der Waals surface area (Å²) in [5.74, 6) is 0.969. The lowest BCUT2D eigenvalue weighted by molar-refractivity contribution is 0.134. The fourth-order valence-electron chi connectivity index (χ4n) is 3.22. The molecular formula is C18H29NO. The van der Waals surface area contributed by atoms with Crippen molar-refractivity contribution in [2.45, 2.75) is 65.0 Å². The third kappa shape index (κ3) is 4.52. The summed E-state index contributed by atoms with van der Waals surface area (Å²) in [7, 11) is 0. The van der Waals surface area contributed by atoms with Crippen molar-refractivity contribution in [3.8, 4) is 0 Å². The summed E-state index contributed by atoms with van der Waals surface area (Å²) >= 11 is 0. The van der Waals surface area contributed by atoms with E-state index in [-0.39, 0.29) is 0 Å². The second kappa shape index (κ2) is 8.31. The van der Waals surface area contributed by atoms with E-state index in [1.165, 1.54) is 49.8 Å². The van der Waals surface area contributed by atoms with Gasteiger partial charge in [0.25, 0.3) is 0 Å². The summed E-state index contributed by atoms with van der Waals surface area (Å²) in [6, 6.07) is 9.21. The third-order valence-electron chi connectivity index (χ3n) is 4.38. The third-order valence-corrected chi connectivity index (χ3v) is 4.38. The number of benzene rings is 1. The zero-order valence-corrected chi connectivity index (χ0v) is 13.0. The predicted molar refractivity (Wildman–Crippen MR) is 86.0 cm³/mol. The monoisotopic (exact) mass is 275 g/mol. The smallest absolute Gasteiger partial charge is 0.0736 e. The first-order chi connectivity index (χ1) is 9.83. The Morgan fingerprint density at radius 2 is 1.85 bits per heavy atom. The molecule has 112 valence electrons. The number of hydrogen-bond donors (Lipinski definition) is 1. The molecule has 0 unspecified atom stereocenters. The molecule has 0 aromatic heterocycles. The highest BCUT2D eigenvalue weighted by Gasteiger charge is 2.20. The Bertz CT molecular complexity index is 383. The Morgan fingerprint density at radius 1 is 1.10 bits per heavy atom. The number of nitrogens with one attached hydrogen (secondary N) is 1. The lowest BCUT2D eigenvalue weighted by Crippen LogP contribution is -2.26. The van der Waals surface area contributed by atoms with Crippen LogP contribution in [0.1, 0.15) is 57.9 Å². The first kappa shape index (κ1) is 15.4. The van der Waals surface area contributed by atoms with Gasteiger partial charge in [-0.3, -0.25) is 0 Å². The van der Waals surface area contributed by atoms with Gasteiger partial charge in [0.1, 0.15) is 0 Å². The summed E-state index contributed by atoms with van der Waals surface area (Å²) in [6.07, 6.45) is 8.15. The van der Waals surface area contributed by atoms with E-state index in [1.54, 1.807) is 0 Å². The van der Waals surface area contributed by atoms with Crippen LogP contribution in [0.4, 0.5) is 5.69 Å². The molecule has 1 aliphatic carbocycles. The molecular weight excluding hydrogens is 246 g/mol. The fourth-order valence-corrected chi connectivity index (χ4v) is 3.22. The standard InChI is InChI=1S/C18H29NO/c1-3-7-15-10-12-17(13-11-15)19-18-9-6-5-8-16(18)14-20-4-2/h5-6,8-9,15,17,19H,3-4,7,10-14H2,1-2H3. The van der Waals surface area contributed by atoms with E-state index in [0.717, 1.165) is 12.5 Å². The van der Waals surface area contributed by atoms with Crippen LogP contribution in [-0.2, 0) is 11.3 Å². The average Bonchev–Trinajstić information content (AvgIpc) is 2.49. The SMILES string of the molecule is CCCC1CCC(Nc2ccccc2COCC)CC1. The molecule has 0 amide bonds. The van der Waals surface area contributed by atoms with Gasteiger partial charge >= 0.3 is 0 Å². The Morgan fingerprint density at radius 3 is 2.55 bits per heavy atom. The van der Waals surface area contributed by atoms with E-state index in [2.05, 4.69) is 36.5 Å². The number of para-hydroxylation sites is 1. The molecule has 0 atom stereocenters. The maximum absolute atomic E-state index is 5.56. The predicted octanol–water partition coefficient (Wildman–Crippen LogP) is 4.99. The molecule has 0 radical (unpaired) electrons. The lowest BCUT2D eigenvalue weighted by atomic mass is 9.83. The molecule has 0 saturated heterocycles. The molecule has 1 aromatic carbocycles. The molecule has 1 fully saturated rings. The highest BCUT2D eigenvalue weighted by molar-refractivity contribution is 5.51. The molecule has 1 N–H and O–H groups in total. The minimum absolute atomic E-state index is 0.644. The minimum Gasteiger partial charge on any atom is -0.382 e. The van der Waals surface area contributed by atoms with Crippen molar-refractivity contribution < 1.29 is 4.74 Å². The molecule has 0 spiro atoms. The molecule has 2 nitrogen and oxygen atoms in total. The molecule has 1 saturated carbocycles. The summed E-state index contributed by atoms with van der Waals surface area (Å²) in [5, 5.41) is 3.74. The zero-order chi connectivity index (χ0) is 14.2. The number of rotatable bonds is 7. The van der Waals surface area contributed by atoms with Gasteiger partial charge < -0.3 is 10.1 Å². The summed E-state index contributed by atoms with van der Waals surface area (Å²) < 4.78 is 5.56. The van der Waals surface area contributed by atoms with Gasteiger partial charge in [-0.25, -0.2) is 0 Å². The van der Waals surface area contributed by atoms with E-state index < -0.39 is 0 Å². The Hall–Kier alpha value is -1.02. The molecule has 1 aliphatic rings. The normalized spacial score (nSPS) is 22.7. The second-order valence-electron chi connectivity index (χ2n) is 5.94. The van der Waals surface area contributed by atoms with Gasteiger partial charge in [0.15, 0.2) is 0 Å². The van der Waals surface area contributed by atoms with Crippen molar-refractivity contribution in [2.75, 3.05) is 11.9 Å². The van der Waals surface area contributed by atoms with Crippen LogP contribution in [0, 0.1) is 5.92 Å². The number of anilines is 1. The van der Waals surface area contributed by atoms with Gasteiger partial charge in [0, 0.05) is 23.9 Å². The molecule has 2 rings (SSSR count). The highest BCUT2D eigenvalue weighted by atomic mass is 16.5. The maximum Gasteiger partial charge on any atom is 0.0736 e. The van der Waals surface area contributed by atoms with E-state index in [4.69, 9.17) is 4.74 Å². The van der Waals surface area contributed by atoms with Gasteiger partial charge in [-0.1, -0.05) is 38.0 Å². The Kier molecular flexibility index (Phi) is 6.38. The van der Waals surface area contributed by atoms with Gasteiger partial charge in [-0.05, 0) is 44.6 Å². The van der Waals surface area contributed by atoms with Crippen LogP contribution in [0.5, 0.6) is 0 Å². The van der Waals surface area contributed by atoms with Crippen LogP contribution < -0.4 is 5.32 Å². The van der Waals surface area contributed by atoms with Crippen LogP contribution >= 0.6 is 0 Å². The molecule has 20 heavy (non-hydrogen) atoms. The van der Waals surface area contributed by atoms with Crippen molar-refractivity contribution in [3.63, 3.8) is 0 Å². The van der Waals surface area contributed by atoms with E-state index in [9.17, 15) is 0 Å².